The fraction of sp³-hybridized carbons (Fsp3) is 0.407. The molecule has 196 valence electrons. The van der Waals surface area contributed by atoms with Gasteiger partial charge in [0.15, 0.2) is 17.6 Å². The lowest BCUT2D eigenvalue weighted by atomic mass is 9.88. The summed E-state index contributed by atoms with van der Waals surface area (Å²) in [6.07, 6.45) is 6.14. The summed E-state index contributed by atoms with van der Waals surface area (Å²) in [5.41, 5.74) is 1.14. The van der Waals surface area contributed by atoms with Gasteiger partial charge in [-0.2, -0.15) is 9.78 Å². The minimum atomic E-state index is -0.841. The third-order valence-electron chi connectivity index (χ3n) is 6.34. The van der Waals surface area contributed by atoms with Crippen LogP contribution in [0.5, 0.6) is 11.5 Å². The van der Waals surface area contributed by atoms with E-state index >= 15 is 0 Å². The Bertz CT molecular complexity index is 1380. The zero-order valence-electron chi connectivity index (χ0n) is 21.0. The van der Waals surface area contributed by atoms with E-state index in [1.807, 2.05) is 25.1 Å². The molecule has 0 aliphatic heterocycles. The number of methoxy groups -OCH3 is 1. The van der Waals surface area contributed by atoms with Crippen molar-refractivity contribution in [3.8, 4) is 11.5 Å². The molecule has 3 aromatic rings. The third kappa shape index (κ3) is 5.90. The number of fused-ring (bicyclic) bond motifs is 1. The zero-order chi connectivity index (χ0) is 26.5. The van der Waals surface area contributed by atoms with Gasteiger partial charge in [0.2, 0.25) is 0 Å². The smallest absolute Gasteiger partial charge is 0.346 e. The maximum atomic E-state index is 13.5. The van der Waals surface area contributed by atoms with E-state index in [2.05, 4.69) is 37.0 Å². The van der Waals surface area contributed by atoms with Gasteiger partial charge in [0.25, 0.3) is 5.56 Å². The zero-order valence-corrected chi connectivity index (χ0v) is 24.2. The number of nitrogens with zero attached hydrogens (tertiary/aromatic N) is 3. The Morgan fingerprint density at radius 1 is 1.22 bits per heavy atom. The van der Waals surface area contributed by atoms with E-state index in [9.17, 15) is 9.59 Å². The highest BCUT2D eigenvalue weighted by Gasteiger charge is 2.24. The molecule has 1 aromatic heterocycles. The Morgan fingerprint density at radius 3 is 2.65 bits per heavy atom. The molecule has 2 aromatic carbocycles. The summed E-state index contributed by atoms with van der Waals surface area (Å²) >= 11 is 7.15. The van der Waals surface area contributed by atoms with Gasteiger partial charge in [-0.15, -0.1) is 0 Å². The molecule has 1 aliphatic rings. The van der Waals surface area contributed by atoms with Crippen molar-refractivity contribution < 1.29 is 19.0 Å². The molecule has 1 saturated carbocycles. The van der Waals surface area contributed by atoms with Crippen LogP contribution in [0.4, 0.5) is 0 Å². The van der Waals surface area contributed by atoms with Crippen molar-refractivity contribution in [1.82, 2.24) is 9.66 Å². The Morgan fingerprint density at radius 2 is 1.95 bits per heavy atom. The molecular formula is C27H29Br2N3O5. The minimum absolute atomic E-state index is 0.174. The molecule has 0 unspecified atom stereocenters. The van der Waals surface area contributed by atoms with Crippen LogP contribution in [0.15, 0.2) is 49.2 Å². The molecule has 0 saturated heterocycles. The van der Waals surface area contributed by atoms with Gasteiger partial charge in [0.1, 0.15) is 5.82 Å². The highest BCUT2D eigenvalue weighted by molar-refractivity contribution is 9.13. The van der Waals surface area contributed by atoms with E-state index in [-0.39, 0.29) is 11.5 Å². The summed E-state index contributed by atoms with van der Waals surface area (Å²) in [7, 11) is 1.31. The molecule has 0 bridgehead atoms. The molecule has 1 fully saturated rings. The number of hydrogen-bond donors (Lipinski definition) is 0. The second-order valence-corrected chi connectivity index (χ2v) is 10.4. The first-order valence-electron chi connectivity index (χ1n) is 12.3. The van der Waals surface area contributed by atoms with E-state index in [0.717, 1.165) is 25.7 Å². The number of hydrogen-bond acceptors (Lipinski definition) is 7. The van der Waals surface area contributed by atoms with Gasteiger partial charge < -0.3 is 14.2 Å². The summed E-state index contributed by atoms with van der Waals surface area (Å²) in [4.78, 5) is 30.3. The van der Waals surface area contributed by atoms with Crippen LogP contribution in [0.3, 0.4) is 0 Å². The lowest BCUT2D eigenvalue weighted by molar-refractivity contribution is -0.148. The second-order valence-electron chi connectivity index (χ2n) is 8.82. The molecule has 0 spiro atoms. The van der Waals surface area contributed by atoms with Gasteiger partial charge >= 0.3 is 5.97 Å². The monoisotopic (exact) mass is 633 g/mol. The number of ether oxygens (including phenoxy) is 3. The highest BCUT2D eigenvalue weighted by atomic mass is 79.9. The third-order valence-corrected chi connectivity index (χ3v) is 8.49. The number of esters is 1. The molecule has 1 aliphatic carbocycles. The SMILES string of the molecule is CCOc1cc(C=Nn2c(C3CCCCC3)nc3ccccc3c2=O)c(Br)c(Br)c1O[C@@H](C)C(=O)OC. The first-order valence-corrected chi connectivity index (χ1v) is 13.9. The lowest BCUT2D eigenvalue weighted by Gasteiger charge is -2.23. The van der Waals surface area contributed by atoms with Crippen LogP contribution in [0.25, 0.3) is 10.9 Å². The number of carbonyl (C=O) groups excluding carboxylic acids is 1. The standard InChI is InChI=1S/C27H29Br2N3O5/c1-4-36-21-14-18(22(28)23(29)24(21)37-16(2)27(34)35-3)15-30-32-25(17-10-6-5-7-11-17)31-20-13-9-8-12-19(20)26(32)33/h8-9,12-17H,4-7,10-11H2,1-3H3/t16-/m0/s1. The molecule has 4 rings (SSSR count). The molecule has 0 amide bonds. The number of carbonyl (C=O) groups is 1. The molecular weight excluding hydrogens is 606 g/mol. The van der Waals surface area contributed by atoms with Crippen molar-refractivity contribution in [1.29, 1.82) is 0 Å². The van der Waals surface area contributed by atoms with E-state index in [0.29, 0.717) is 49.3 Å². The number of halogens is 2. The van der Waals surface area contributed by atoms with Gasteiger partial charge in [0, 0.05) is 16.0 Å². The minimum Gasteiger partial charge on any atom is -0.490 e. The number of benzene rings is 2. The molecule has 1 heterocycles. The van der Waals surface area contributed by atoms with Gasteiger partial charge in [-0.1, -0.05) is 31.4 Å². The summed E-state index contributed by atoms with van der Waals surface area (Å²) in [6, 6.07) is 9.11. The topological polar surface area (TPSA) is 92.0 Å². The molecule has 0 N–H and O–H groups in total. The quantitative estimate of drug-likeness (QED) is 0.217. The van der Waals surface area contributed by atoms with E-state index in [1.54, 1.807) is 25.3 Å². The van der Waals surface area contributed by atoms with Gasteiger partial charge in [-0.05, 0) is 76.7 Å². The van der Waals surface area contributed by atoms with E-state index < -0.39 is 12.1 Å². The van der Waals surface area contributed by atoms with Crippen molar-refractivity contribution in [2.45, 2.75) is 58.0 Å². The molecule has 0 radical (unpaired) electrons. The summed E-state index contributed by atoms with van der Waals surface area (Å²) in [6.45, 7) is 3.84. The van der Waals surface area contributed by atoms with Gasteiger partial charge in [0.05, 0.1) is 35.3 Å². The van der Waals surface area contributed by atoms with Gasteiger partial charge in [-0.25, -0.2) is 9.78 Å². The fourth-order valence-corrected chi connectivity index (χ4v) is 5.37. The molecule has 10 heteroatoms. The lowest BCUT2D eigenvalue weighted by Crippen LogP contribution is -2.25. The summed E-state index contributed by atoms with van der Waals surface area (Å²) < 4.78 is 19.1. The Hall–Kier alpha value is -2.72. The van der Waals surface area contributed by atoms with Crippen molar-refractivity contribution in [3.63, 3.8) is 0 Å². The second kappa shape index (κ2) is 12.2. The predicted molar refractivity (Wildman–Crippen MR) is 150 cm³/mol. The molecule has 8 nitrogen and oxygen atoms in total. The summed E-state index contributed by atoms with van der Waals surface area (Å²) in [5, 5.41) is 5.16. The Labute approximate surface area is 232 Å². The van der Waals surface area contributed by atoms with Crippen LogP contribution in [0.2, 0.25) is 0 Å². The Balaban J connectivity index is 1.80. The highest BCUT2D eigenvalue weighted by Crippen LogP contribution is 2.43. The fourth-order valence-electron chi connectivity index (χ4n) is 4.46. The van der Waals surface area contributed by atoms with Crippen LogP contribution >= 0.6 is 31.9 Å². The van der Waals surface area contributed by atoms with Gasteiger partial charge in [-0.3, -0.25) is 4.79 Å². The van der Waals surface area contributed by atoms with Crippen LogP contribution in [-0.2, 0) is 9.53 Å². The van der Waals surface area contributed by atoms with Crippen LogP contribution < -0.4 is 15.0 Å². The van der Waals surface area contributed by atoms with Crippen LogP contribution in [-0.4, -0.2) is 41.7 Å². The van der Waals surface area contributed by atoms with Crippen molar-refractivity contribution in [3.05, 3.63) is 61.0 Å². The Kier molecular flexibility index (Phi) is 9.02. The number of aromatic nitrogens is 2. The average Bonchev–Trinajstić information content (AvgIpc) is 2.92. The normalized spacial score (nSPS) is 15.2. The van der Waals surface area contributed by atoms with E-state index in [4.69, 9.17) is 19.2 Å². The number of rotatable bonds is 8. The maximum Gasteiger partial charge on any atom is 0.346 e. The van der Waals surface area contributed by atoms with E-state index in [1.165, 1.54) is 18.2 Å². The molecule has 37 heavy (non-hydrogen) atoms. The predicted octanol–water partition coefficient (Wildman–Crippen LogP) is 6.19. The first-order chi connectivity index (χ1) is 17.8. The molecule has 1 atom stereocenters. The van der Waals surface area contributed by atoms with Crippen molar-refractivity contribution in [2.24, 2.45) is 5.10 Å². The summed E-state index contributed by atoms with van der Waals surface area (Å²) in [5.74, 6) is 1.14. The van der Waals surface area contributed by atoms with Crippen molar-refractivity contribution >= 4 is 54.9 Å². The van der Waals surface area contributed by atoms with Crippen LogP contribution in [0, 0.1) is 0 Å². The average molecular weight is 635 g/mol. The first kappa shape index (κ1) is 27.3. The number of para-hydroxylation sites is 1. The van der Waals surface area contributed by atoms with Crippen molar-refractivity contribution in [2.75, 3.05) is 13.7 Å². The van der Waals surface area contributed by atoms with Crippen LogP contribution in [0.1, 0.15) is 63.3 Å². The largest absolute Gasteiger partial charge is 0.490 e. The maximum absolute atomic E-state index is 13.5.